The van der Waals surface area contributed by atoms with Gasteiger partial charge in [0.2, 0.25) is 11.8 Å². The molecule has 1 fully saturated rings. The van der Waals surface area contributed by atoms with Crippen LogP contribution in [0, 0.1) is 0 Å². The summed E-state index contributed by atoms with van der Waals surface area (Å²) >= 11 is 0. The maximum atomic E-state index is 13.0. The highest BCUT2D eigenvalue weighted by Gasteiger charge is 2.41. The minimum Gasteiger partial charge on any atom is -0.351 e. The lowest BCUT2D eigenvalue weighted by Gasteiger charge is -2.40. The number of nitrogens with one attached hydrogen (secondary N) is 1. The normalized spacial score (nSPS) is 18.0. The van der Waals surface area contributed by atoms with E-state index in [1.54, 1.807) is 4.90 Å². The molecule has 23 heavy (non-hydrogen) atoms. The van der Waals surface area contributed by atoms with Crippen molar-refractivity contribution in [2.24, 2.45) is 0 Å². The quantitative estimate of drug-likeness (QED) is 0.901. The molecule has 0 bridgehead atoms. The Morgan fingerprint density at radius 3 is 2.30 bits per heavy atom. The summed E-state index contributed by atoms with van der Waals surface area (Å²) in [6.45, 7) is 5.34. The van der Waals surface area contributed by atoms with Crippen LogP contribution in [0.15, 0.2) is 30.3 Å². The van der Waals surface area contributed by atoms with Crippen LogP contribution in [0.25, 0.3) is 0 Å². The topological polar surface area (TPSA) is 49.4 Å². The molecule has 0 aliphatic heterocycles. The molecule has 4 nitrogen and oxygen atoms in total. The summed E-state index contributed by atoms with van der Waals surface area (Å²) in [5, 5.41) is 3.18. The minimum absolute atomic E-state index is 0.0500. The second kappa shape index (κ2) is 7.62. The maximum Gasteiger partial charge on any atom is 0.246 e. The summed E-state index contributed by atoms with van der Waals surface area (Å²) < 4.78 is 0. The van der Waals surface area contributed by atoms with Crippen molar-refractivity contribution in [3.05, 3.63) is 30.3 Å². The van der Waals surface area contributed by atoms with Crippen LogP contribution < -0.4 is 10.2 Å². The molecule has 2 rings (SSSR count). The third-order valence-corrected chi connectivity index (χ3v) is 4.94. The van der Waals surface area contributed by atoms with Gasteiger partial charge in [-0.1, -0.05) is 44.4 Å². The molecule has 4 heteroatoms. The first-order chi connectivity index (χ1) is 11.0. The third-order valence-electron chi connectivity index (χ3n) is 4.94. The van der Waals surface area contributed by atoms with Gasteiger partial charge in [0.25, 0.3) is 0 Å². The van der Waals surface area contributed by atoms with Crippen molar-refractivity contribution in [2.45, 2.75) is 70.9 Å². The van der Waals surface area contributed by atoms with Gasteiger partial charge in [0.15, 0.2) is 0 Å². The van der Waals surface area contributed by atoms with Crippen molar-refractivity contribution in [1.29, 1.82) is 0 Å². The molecule has 1 aliphatic carbocycles. The van der Waals surface area contributed by atoms with Crippen molar-refractivity contribution in [3.63, 3.8) is 0 Å². The molecular weight excluding hydrogens is 288 g/mol. The molecule has 0 spiro atoms. The van der Waals surface area contributed by atoms with E-state index < -0.39 is 5.54 Å². The average molecular weight is 316 g/mol. The number of hydrogen-bond donors (Lipinski definition) is 1. The number of carbonyl (C=O) groups excluding carboxylic acids is 2. The molecule has 1 aliphatic rings. The molecule has 1 N–H and O–H groups in total. The lowest BCUT2D eigenvalue weighted by molar-refractivity contribution is -0.130. The van der Waals surface area contributed by atoms with Crippen molar-refractivity contribution in [2.75, 3.05) is 4.90 Å². The van der Waals surface area contributed by atoms with Gasteiger partial charge in [-0.15, -0.1) is 0 Å². The fourth-order valence-corrected chi connectivity index (χ4v) is 3.40. The van der Waals surface area contributed by atoms with Gasteiger partial charge in [-0.3, -0.25) is 14.5 Å². The summed E-state index contributed by atoms with van der Waals surface area (Å²) in [5.41, 5.74) is -0.104. The number of amides is 2. The number of para-hydroxylation sites is 1. The second-order valence-corrected chi connectivity index (χ2v) is 6.63. The lowest BCUT2D eigenvalue weighted by atomic mass is 9.91. The van der Waals surface area contributed by atoms with Crippen molar-refractivity contribution >= 4 is 17.5 Å². The monoisotopic (exact) mass is 316 g/mol. The highest BCUT2D eigenvalue weighted by molar-refractivity contribution is 6.02. The highest BCUT2D eigenvalue weighted by Crippen LogP contribution is 2.28. The van der Waals surface area contributed by atoms with Crippen LogP contribution in [0.1, 0.15) is 59.3 Å². The van der Waals surface area contributed by atoms with Crippen LogP contribution >= 0.6 is 0 Å². The van der Waals surface area contributed by atoms with E-state index in [2.05, 4.69) is 5.32 Å². The largest absolute Gasteiger partial charge is 0.351 e. The second-order valence-electron chi connectivity index (χ2n) is 6.63. The molecule has 0 aromatic heterocycles. The number of carbonyl (C=O) groups is 2. The van der Waals surface area contributed by atoms with E-state index in [9.17, 15) is 9.59 Å². The Kier molecular flexibility index (Phi) is 5.80. The van der Waals surface area contributed by atoms with E-state index in [-0.39, 0.29) is 17.9 Å². The van der Waals surface area contributed by atoms with Gasteiger partial charge in [-0.05, 0) is 38.3 Å². The van der Waals surface area contributed by atoms with Gasteiger partial charge in [0.05, 0.1) is 0 Å². The van der Waals surface area contributed by atoms with Gasteiger partial charge in [-0.25, -0.2) is 0 Å². The van der Waals surface area contributed by atoms with E-state index in [4.69, 9.17) is 0 Å². The number of rotatable bonds is 5. The Balaban J connectivity index is 2.24. The number of nitrogens with zero attached hydrogens (tertiary/aromatic N) is 1. The molecule has 1 aromatic rings. The standard InChI is InChI=1S/C19H28N2O2/c1-4-19(3,18(23)20-16-11-7-5-8-12-16)21(15(2)22)17-13-9-6-10-14-17/h6,9-10,13-14,16H,4-5,7-8,11-12H2,1-3H3,(H,20,23). The van der Waals surface area contributed by atoms with E-state index in [0.29, 0.717) is 6.42 Å². The summed E-state index contributed by atoms with van der Waals surface area (Å²) in [6.07, 6.45) is 6.24. The van der Waals surface area contributed by atoms with E-state index in [1.165, 1.54) is 26.2 Å². The van der Waals surface area contributed by atoms with E-state index in [0.717, 1.165) is 18.5 Å². The lowest BCUT2D eigenvalue weighted by Crippen LogP contribution is -2.60. The zero-order valence-electron chi connectivity index (χ0n) is 14.5. The van der Waals surface area contributed by atoms with Crippen LogP contribution in [0.2, 0.25) is 0 Å². The van der Waals surface area contributed by atoms with Gasteiger partial charge >= 0.3 is 0 Å². The fraction of sp³-hybridized carbons (Fsp3) is 0.579. The SMILES string of the molecule is CCC(C)(C(=O)NC1CCCCC1)N(C(C)=O)c1ccccc1. The van der Waals surface area contributed by atoms with Gasteiger partial charge in [-0.2, -0.15) is 0 Å². The van der Waals surface area contributed by atoms with Crippen LogP contribution in [-0.2, 0) is 9.59 Å². The molecule has 1 aromatic carbocycles. The first kappa shape index (κ1) is 17.5. The third kappa shape index (κ3) is 3.92. The van der Waals surface area contributed by atoms with Gasteiger partial charge < -0.3 is 5.32 Å². The molecule has 1 atom stereocenters. The molecule has 126 valence electrons. The molecule has 0 radical (unpaired) electrons. The van der Waals surface area contributed by atoms with Crippen LogP contribution in [-0.4, -0.2) is 23.4 Å². The first-order valence-corrected chi connectivity index (χ1v) is 8.66. The number of hydrogen-bond acceptors (Lipinski definition) is 2. The maximum absolute atomic E-state index is 13.0. The summed E-state index contributed by atoms with van der Waals surface area (Å²) in [5.74, 6) is -0.162. The van der Waals surface area contributed by atoms with Crippen LogP contribution in [0.4, 0.5) is 5.69 Å². The van der Waals surface area contributed by atoms with E-state index >= 15 is 0 Å². The van der Waals surface area contributed by atoms with Crippen LogP contribution in [0.3, 0.4) is 0 Å². The Hall–Kier alpha value is -1.84. The average Bonchev–Trinajstić information content (AvgIpc) is 2.56. The first-order valence-electron chi connectivity index (χ1n) is 8.66. The van der Waals surface area contributed by atoms with Gasteiger partial charge in [0, 0.05) is 18.7 Å². The van der Waals surface area contributed by atoms with Gasteiger partial charge in [0.1, 0.15) is 5.54 Å². The predicted molar refractivity (Wildman–Crippen MR) is 93.3 cm³/mol. The van der Waals surface area contributed by atoms with E-state index in [1.807, 2.05) is 44.2 Å². The minimum atomic E-state index is -0.870. The zero-order valence-corrected chi connectivity index (χ0v) is 14.5. The summed E-state index contributed by atoms with van der Waals surface area (Å²) in [7, 11) is 0. The highest BCUT2D eigenvalue weighted by atomic mass is 16.2. The predicted octanol–water partition coefficient (Wildman–Crippen LogP) is 3.66. The smallest absolute Gasteiger partial charge is 0.246 e. The van der Waals surface area contributed by atoms with Crippen molar-refractivity contribution in [1.82, 2.24) is 5.32 Å². The Morgan fingerprint density at radius 2 is 1.78 bits per heavy atom. The Labute approximate surface area is 139 Å². The number of benzene rings is 1. The molecule has 0 saturated heterocycles. The molecule has 0 heterocycles. The Bertz CT molecular complexity index is 538. The molecule has 1 saturated carbocycles. The van der Waals surface area contributed by atoms with Crippen molar-refractivity contribution < 1.29 is 9.59 Å². The summed E-state index contributed by atoms with van der Waals surface area (Å²) in [4.78, 5) is 26.9. The fourth-order valence-electron chi connectivity index (χ4n) is 3.40. The molecule has 1 unspecified atom stereocenters. The molecular formula is C19H28N2O2. The zero-order chi connectivity index (χ0) is 16.9. The molecule has 2 amide bonds. The van der Waals surface area contributed by atoms with Crippen molar-refractivity contribution in [3.8, 4) is 0 Å². The Morgan fingerprint density at radius 1 is 1.17 bits per heavy atom. The summed E-state index contributed by atoms with van der Waals surface area (Å²) in [6, 6.07) is 9.69. The number of anilines is 1. The van der Waals surface area contributed by atoms with Crippen LogP contribution in [0.5, 0.6) is 0 Å².